The Bertz CT molecular complexity index is 449. The van der Waals surface area contributed by atoms with E-state index in [0.717, 1.165) is 5.82 Å². The van der Waals surface area contributed by atoms with Crippen LogP contribution in [0.1, 0.15) is 117 Å². The maximum Gasteiger partial charge on any atom is 0.112 e. The first-order valence-electron chi connectivity index (χ1n) is 9.24. The van der Waals surface area contributed by atoms with Crippen molar-refractivity contribution in [1.82, 2.24) is 9.97 Å². The first-order valence-corrected chi connectivity index (χ1v) is 9.24. The van der Waals surface area contributed by atoms with Crippen molar-refractivity contribution < 1.29 is 0 Å². The van der Waals surface area contributed by atoms with Gasteiger partial charge < -0.3 is 4.98 Å². The number of hydrogen-bond donors (Lipinski definition) is 1. The monoisotopic (exact) mass is 306 g/mol. The van der Waals surface area contributed by atoms with Crippen LogP contribution in [0.5, 0.6) is 0 Å². The minimum atomic E-state index is 0.0818. The van der Waals surface area contributed by atoms with E-state index in [2.05, 4.69) is 60.4 Å². The fourth-order valence-corrected chi connectivity index (χ4v) is 3.13. The number of unbranched alkanes of at least 4 members (excludes halogenated alkanes) is 2. The molecule has 0 saturated carbocycles. The largest absolute Gasteiger partial charge is 0.345 e. The molecule has 1 heterocycles. The maximum atomic E-state index is 5.08. The van der Waals surface area contributed by atoms with Gasteiger partial charge in [0.05, 0.1) is 5.69 Å². The average molecular weight is 307 g/mol. The lowest BCUT2D eigenvalue weighted by Gasteiger charge is -2.25. The quantitative estimate of drug-likeness (QED) is 0.548. The third-order valence-corrected chi connectivity index (χ3v) is 4.70. The number of rotatable bonds is 8. The molecule has 0 saturated heterocycles. The minimum Gasteiger partial charge on any atom is -0.345 e. The lowest BCUT2D eigenvalue weighted by Crippen LogP contribution is -2.21. The highest BCUT2D eigenvalue weighted by molar-refractivity contribution is 5.28. The zero-order valence-electron chi connectivity index (χ0n) is 16.3. The van der Waals surface area contributed by atoms with Crippen LogP contribution in [0.25, 0.3) is 0 Å². The number of imidazole rings is 1. The van der Waals surface area contributed by atoms with Crippen LogP contribution >= 0.6 is 0 Å². The molecule has 128 valence electrons. The molecular formula is C20H38N2. The summed E-state index contributed by atoms with van der Waals surface area (Å²) in [5, 5.41) is 0. The van der Waals surface area contributed by atoms with Gasteiger partial charge in [0.1, 0.15) is 5.82 Å². The lowest BCUT2D eigenvalue weighted by atomic mass is 9.80. The molecule has 0 fully saturated rings. The molecule has 0 aliphatic carbocycles. The van der Waals surface area contributed by atoms with Crippen LogP contribution in [0.4, 0.5) is 0 Å². The number of hydrogen-bond acceptors (Lipinski definition) is 1. The Morgan fingerprint density at radius 1 is 1.00 bits per heavy atom. The summed E-state index contributed by atoms with van der Waals surface area (Å²) < 4.78 is 0. The van der Waals surface area contributed by atoms with Crippen LogP contribution < -0.4 is 0 Å². The first-order chi connectivity index (χ1) is 10.1. The van der Waals surface area contributed by atoms with Crippen molar-refractivity contribution in [3.63, 3.8) is 0 Å². The summed E-state index contributed by atoms with van der Waals surface area (Å²) >= 11 is 0. The Morgan fingerprint density at radius 3 is 2.14 bits per heavy atom. The molecule has 1 aromatic heterocycles. The van der Waals surface area contributed by atoms with E-state index < -0.39 is 0 Å². The Morgan fingerprint density at radius 2 is 1.64 bits per heavy atom. The van der Waals surface area contributed by atoms with Crippen LogP contribution in [0.3, 0.4) is 0 Å². The van der Waals surface area contributed by atoms with Crippen LogP contribution in [-0.2, 0) is 10.8 Å². The summed E-state index contributed by atoms with van der Waals surface area (Å²) in [5.74, 6) is 1.71. The molecule has 1 rings (SSSR count). The third-order valence-electron chi connectivity index (χ3n) is 4.70. The highest BCUT2D eigenvalue weighted by Crippen LogP contribution is 2.36. The van der Waals surface area contributed by atoms with Crippen molar-refractivity contribution in [3.05, 3.63) is 17.2 Å². The van der Waals surface area contributed by atoms with Gasteiger partial charge in [-0.3, -0.25) is 0 Å². The molecule has 0 amide bonds. The standard InChI is InChI=1S/C20H38N2/c1-9-11-12-14-20(7,8)17-16(15(3)13-10-2)21-18(22-17)19(4,5)6/h15H,9-14H2,1-8H3,(H,21,22). The van der Waals surface area contributed by atoms with E-state index in [-0.39, 0.29) is 10.8 Å². The van der Waals surface area contributed by atoms with Gasteiger partial charge in [0, 0.05) is 16.5 Å². The molecule has 0 radical (unpaired) electrons. The minimum absolute atomic E-state index is 0.0818. The molecule has 0 aliphatic heterocycles. The fraction of sp³-hybridized carbons (Fsp3) is 0.850. The van der Waals surface area contributed by atoms with Gasteiger partial charge in [-0.1, -0.05) is 81.1 Å². The average Bonchev–Trinajstić information content (AvgIpc) is 2.85. The number of nitrogens with one attached hydrogen (secondary N) is 1. The summed E-state index contributed by atoms with van der Waals surface area (Å²) in [6.45, 7) is 18.4. The van der Waals surface area contributed by atoms with E-state index in [9.17, 15) is 0 Å². The number of H-pyrrole nitrogens is 1. The predicted octanol–water partition coefficient (Wildman–Crippen LogP) is 6.47. The van der Waals surface area contributed by atoms with Gasteiger partial charge in [0.25, 0.3) is 0 Å². The summed E-state index contributed by atoms with van der Waals surface area (Å²) in [4.78, 5) is 8.77. The second kappa shape index (κ2) is 7.66. The highest BCUT2D eigenvalue weighted by Gasteiger charge is 2.31. The van der Waals surface area contributed by atoms with Gasteiger partial charge in [-0.15, -0.1) is 0 Å². The normalized spacial score (nSPS) is 14.4. The van der Waals surface area contributed by atoms with E-state index in [1.54, 1.807) is 0 Å². The lowest BCUT2D eigenvalue weighted by molar-refractivity contribution is 0.430. The van der Waals surface area contributed by atoms with E-state index >= 15 is 0 Å². The molecule has 0 spiro atoms. The molecular weight excluding hydrogens is 268 g/mol. The molecule has 1 aromatic rings. The molecule has 0 aliphatic rings. The number of aromatic nitrogens is 2. The van der Waals surface area contributed by atoms with Gasteiger partial charge >= 0.3 is 0 Å². The van der Waals surface area contributed by atoms with E-state index in [1.807, 2.05) is 0 Å². The summed E-state index contributed by atoms with van der Waals surface area (Å²) in [6, 6.07) is 0. The molecule has 0 bridgehead atoms. The third kappa shape index (κ3) is 4.86. The summed E-state index contributed by atoms with van der Waals surface area (Å²) in [5.41, 5.74) is 2.94. The second-order valence-corrected chi connectivity index (χ2v) is 8.63. The van der Waals surface area contributed by atoms with Crippen molar-refractivity contribution in [2.24, 2.45) is 0 Å². The Kier molecular flexibility index (Phi) is 6.70. The van der Waals surface area contributed by atoms with Crippen LogP contribution in [-0.4, -0.2) is 9.97 Å². The smallest absolute Gasteiger partial charge is 0.112 e. The van der Waals surface area contributed by atoms with Crippen molar-refractivity contribution in [2.45, 2.75) is 111 Å². The van der Waals surface area contributed by atoms with Gasteiger partial charge in [-0.05, 0) is 18.8 Å². The van der Waals surface area contributed by atoms with Crippen LogP contribution in [0.2, 0.25) is 0 Å². The molecule has 1 unspecified atom stereocenters. The second-order valence-electron chi connectivity index (χ2n) is 8.63. The van der Waals surface area contributed by atoms with E-state index in [0.29, 0.717) is 5.92 Å². The predicted molar refractivity (Wildman–Crippen MR) is 97.8 cm³/mol. The molecule has 0 aromatic carbocycles. The van der Waals surface area contributed by atoms with E-state index in [1.165, 1.54) is 49.9 Å². The zero-order valence-corrected chi connectivity index (χ0v) is 16.3. The summed E-state index contributed by atoms with van der Waals surface area (Å²) in [6.07, 6.45) is 7.57. The number of nitrogens with zero attached hydrogens (tertiary/aromatic N) is 1. The fourth-order valence-electron chi connectivity index (χ4n) is 3.13. The van der Waals surface area contributed by atoms with Gasteiger partial charge in [-0.25, -0.2) is 4.98 Å². The van der Waals surface area contributed by atoms with Gasteiger partial charge in [0.2, 0.25) is 0 Å². The SMILES string of the molecule is CCCCCC(C)(C)c1nc(C(C)(C)C)[nH]c1C(C)CCC. The summed E-state index contributed by atoms with van der Waals surface area (Å²) in [7, 11) is 0. The Labute approximate surface area is 138 Å². The number of aromatic amines is 1. The molecule has 2 nitrogen and oxygen atoms in total. The van der Waals surface area contributed by atoms with Crippen molar-refractivity contribution >= 4 is 0 Å². The van der Waals surface area contributed by atoms with Crippen molar-refractivity contribution in [3.8, 4) is 0 Å². The van der Waals surface area contributed by atoms with Crippen molar-refractivity contribution in [1.29, 1.82) is 0 Å². The van der Waals surface area contributed by atoms with Crippen molar-refractivity contribution in [2.75, 3.05) is 0 Å². The van der Waals surface area contributed by atoms with E-state index in [4.69, 9.17) is 4.98 Å². The zero-order chi connectivity index (χ0) is 17.0. The highest BCUT2D eigenvalue weighted by atomic mass is 15.0. The molecule has 22 heavy (non-hydrogen) atoms. The van der Waals surface area contributed by atoms with Crippen LogP contribution in [0, 0.1) is 0 Å². The Balaban J connectivity index is 3.16. The first kappa shape index (κ1) is 19.3. The van der Waals surface area contributed by atoms with Crippen LogP contribution in [0.15, 0.2) is 0 Å². The maximum absolute atomic E-state index is 5.08. The van der Waals surface area contributed by atoms with Gasteiger partial charge in [0.15, 0.2) is 0 Å². The molecule has 1 N–H and O–H groups in total. The van der Waals surface area contributed by atoms with Gasteiger partial charge in [-0.2, -0.15) is 0 Å². The molecule has 2 heteroatoms. The topological polar surface area (TPSA) is 28.7 Å². The molecule has 1 atom stereocenters. The Hall–Kier alpha value is -0.790.